The van der Waals surface area contributed by atoms with Crippen LogP contribution in [-0.4, -0.2) is 29.5 Å². The number of rotatable bonds is 6. The highest BCUT2D eigenvalue weighted by Gasteiger charge is 2.19. The summed E-state index contributed by atoms with van der Waals surface area (Å²) in [5, 5.41) is 3.73. The Bertz CT molecular complexity index is 979. The number of aryl methyl sites for hydroxylation is 1. The standard InChI is InChI=1S/C21H21ClN4O2/c1-4-26(16-8-6-5-7-9-16)21(27)18-13-20(24-14(2)23-18)25-17-12-15(22)10-11-19(17)28-3/h5-13H,4H2,1-3H3,(H,23,24,25). The van der Waals surface area contributed by atoms with E-state index in [1.807, 2.05) is 37.3 Å². The number of hydrogen-bond acceptors (Lipinski definition) is 5. The second-order valence-corrected chi connectivity index (χ2v) is 6.48. The van der Waals surface area contributed by atoms with Crippen molar-refractivity contribution in [2.75, 3.05) is 23.9 Å². The van der Waals surface area contributed by atoms with Crippen LogP contribution in [-0.2, 0) is 0 Å². The lowest BCUT2D eigenvalue weighted by Gasteiger charge is -2.21. The Morgan fingerprint density at radius 3 is 2.57 bits per heavy atom. The number of carbonyl (C=O) groups excluding carboxylic acids is 1. The largest absolute Gasteiger partial charge is 0.495 e. The van der Waals surface area contributed by atoms with Gasteiger partial charge in [-0.2, -0.15) is 0 Å². The van der Waals surface area contributed by atoms with Crippen molar-refractivity contribution in [3.63, 3.8) is 0 Å². The quantitative estimate of drug-likeness (QED) is 0.644. The van der Waals surface area contributed by atoms with Gasteiger partial charge in [-0.1, -0.05) is 29.8 Å². The van der Waals surface area contributed by atoms with E-state index in [1.54, 1.807) is 43.2 Å². The van der Waals surface area contributed by atoms with Crippen LogP contribution in [0, 0.1) is 6.92 Å². The molecule has 0 spiro atoms. The van der Waals surface area contributed by atoms with E-state index in [2.05, 4.69) is 15.3 Å². The first-order valence-electron chi connectivity index (χ1n) is 8.85. The molecule has 0 atom stereocenters. The molecule has 1 heterocycles. The highest BCUT2D eigenvalue weighted by molar-refractivity contribution is 6.31. The van der Waals surface area contributed by atoms with Crippen molar-refractivity contribution in [1.29, 1.82) is 0 Å². The Hall–Kier alpha value is -3.12. The number of hydrogen-bond donors (Lipinski definition) is 1. The van der Waals surface area contributed by atoms with Gasteiger partial charge in [-0.3, -0.25) is 4.79 Å². The molecular formula is C21H21ClN4O2. The third-order valence-electron chi connectivity index (χ3n) is 4.11. The zero-order valence-corrected chi connectivity index (χ0v) is 16.7. The molecular weight excluding hydrogens is 376 g/mol. The Morgan fingerprint density at radius 2 is 1.89 bits per heavy atom. The molecule has 0 saturated heterocycles. The maximum Gasteiger partial charge on any atom is 0.277 e. The van der Waals surface area contributed by atoms with E-state index in [0.29, 0.717) is 40.3 Å². The Labute approximate surface area is 169 Å². The first-order valence-corrected chi connectivity index (χ1v) is 9.22. The van der Waals surface area contributed by atoms with E-state index in [0.717, 1.165) is 5.69 Å². The highest BCUT2D eigenvalue weighted by Crippen LogP contribution is 2.30. The van der Waals surface area contributed by atoms with E-state index in [1.165, 1.54) is 0 Å². The molecule has 144 valence electrons. The first-order chi connectivity index (χ1) is 13.5. The minimum absolute atomic E-state index is 0.194. The van der Waals surface area contributed by atoms with Crippen LogP contribution in [0.15, 0.2) is 54.6 Å². The monoisotopic (exact) mass is 396 g/mol. The van der Waals surface area contributed by atoms with Crippen LogP contribution in [0.3, 0.4) is 0 Å². The number of nitrogens with one attached hydrogen (secondary N) is 1. The van der Waals surface area contributed by atoms with Gasteiger partial charge in [0.2, 0.25) is 0 Å². The lowest BCUT2D eigenvalue weighted by Crippen LogP contribution is -2.31. The number of benzene rings is 2. The van der Waals surface area contributed by atoms with Gasteiger partial charge in [-0.25, -0.2) is 9.97 Å². The van der Waals surface area contributed by atoms with Crippen molar-refractivity contribution in [2.24, 2.45) is 0 Å². The number of amides is 1. The van der Waals surface area contributed by atoms with E-state index in [-0.39, 0.29) is 5.91 Å². The maximum absolute atomic E-state index is 13.1. The van der Waals surface area contributed by atoms with Gasteiger partial charge < -0.3 is 15.0 Å². The lowest BCUT2D eigenvalue weighted by molar-refractivity contribution is 0.0983. The summed E-state index contributed by atoms with van der Waals surface area (Å²) in [7, 11) is 1.58. The average Bonchev–Trinajstić information content (AvgIpc) is 2.69. The predicted molar refractivity (Wildman–Crippen MR) is 112 cm³/mol. The lowest BCUT2D eigenvalue weighted by atomic mass is 10.2. The Balaban J connectivity index is 1.93. The molecule has 0 aliphatic carbocycles. The molecule has 3 rings (SSSR count). The van der Waals surface area contributed by atoms with Gasteiger partial charge in [-0.05, 0) is 44.2 Å². The third-order valence-corrected chi connectivity index (χ3v) is 4.35. The summed E-state index contributed by atoms with van der Waals surface area (Å²) in [6.07, 6.45) is 0. The number of ether oxygens (including phenoxy) is 1. The number of halogens is 1. The normalized spacial score (nSPS) is 10.4. The van der Waals surface area contributed by atoms with Gasteiger partial charge in [0, 0.05) is 23.3 Å². The summed E-state index contributed by atoms with van der Waals surface area (Å²) in [6, 6.07) is 16.4. The smallest absolute Gasteiger partial charge is 0.277 e. The molecule has 6 nitrogen and oxygen atoms in total. The molecule has 7 heteroatoms. The Morgan fingerprint density at radius 1 is 1.14 bits per heavy atom. The van der Waals surface area contributed by atoms with Crippen LogP contribution in [0.4, 0.5) is 17.2 Å². The molecule has 28 heavy (non-hydrogen) atoms. The number of methoxy groups -OCH3 is 1. The van der Waals surface area contributed by atoms with Crippen LogP contribution in [0.25, 0.3) is 0 Å². The van der Waals surface area contributed by atoms with Crippen molar-refractivity contribution in [2.45, 2.75) is 13.8 Å². The summed E-state index contributed by atoms with van der Waals surface area (Å²) >= 11 is 6.09. The summed E-state index contributed by atoms with van der Waals surface area (Å²) in [4.78, 5) is 23.5. The van der Waals surface area contributed by atoms with Crippen LogP contribution in [0.1, 0.15) is 23.2 Å². The van der Waals surface area contributed by atoms with Gasteiger partial charge in [0.15, 0.2) is 0 Å². The van der Waals surface area contributed by atoms with E-state index in [4.69, 9.17) is 16.3 Å². The molecule has 0 aliphatic rings. The minimum atomic E-state index is -0.194. The van der Waals surface area contributed by atoms with Gasteiger partial charge in [0.1, 0.15) is 23.1 Å². The second-order valence-electron chi connectivity index (χ2n) is 6.04. The van der Waals surface area contributed by atoms with E-state index >= 15 is 0 Å². The highest BCUT2D eigenvalue weighted by atomic mass is 35.5. The molecule has 1 N–H and O–H groups in total. The van der Waals surface area contributed by atoms with Crippen LogP contribution in [0.2, 0.25) is 5.02 Å². The fraction of sp³-hybridized carbons (Fsp3) is 0.190. The molecule has 0 saturated carbocycles. The van der Waals surface area contributed by atoms with Crippen molar-refractivity contribution in [3.8, 4) is 5.75 Å². The Kier molecular flexibility index (Phi) is 6.11. The van der Waals surface area contributed by atoms with Crippen molar-refractivity contribution in [3.05, 3.63) is 71.1 Å². The summed E-state index contributed by atoms with van der Waals surface area (Å²) in [5.74, 6) is 1.40. The molecule has 0 aliphatic heterocycles. The van der Waals surface area contributed by atoms with Crippen LogP contribution < -0.4 is 15.0 Å². The van der Waals surface area contributed by atoms with Crippen molar-refractivity contribution < 1.29 is 9.53 Å². The molecule has 3 aromatic rings. The average molecular weight is 397 g/mol. The van der Waals surface area contributed by atoms with Gasteiger partial charge in [-0.15, -0.1) is 0 Å². The van der Waals surface area contributed by atoms with Crippen LogP contribution >= 0.6 is 11.6 Å². The second kappa shape index (κ2) is 8.71. The predicted octanol–water partition coefficient (Wildman–Crippen LogP) is 4.86. The number of anilines is 3. The number of carbonyl (C=O) groups is 1. The van der Waals surface area contributed by atoms with E-state index < -0.39 is 0 Å². The van der Waals surface area contributed by atoms with Crippen molar-refractivity contribution >= 4 is 34.7 Å². The molecule has 0 fully saturated rings. The molecule has 1 amide bonds. The molecule has 1 aromatic heterocycles. The molecule has 0 bridgehead atoms. The zero-order valence-electron chi connectivity index (χ0n) is 15.9. The molecule has 0 unspecified atom stereocenters. The van der Waals surface area contributed by atoms with Crippen LogP contribution in [0.5, 0.6) is 5.75 Å². The first kappa shape index (κ1) is 19.6. The SMILES string of the molecule is CCN(C(=O)c1cc(Nc2cc(Cl)ccc2OC)nc(C)n1)c1ccccc1. The molecule has 0 radical (unpaired) electrons. The van der Waals surface area contributed by atoms with Gasteiger partial charge in [0.05, 0.1) is 12.8 Å². The summed E-state index contributed by atoms with van der Waals surface area (Å²) in [5.41, 5.74) is 1.78. The fourth-order valence-corrected chi connectivity index (χ4v) is 3.02. The zero-order chi connectivity index (χ0) is 20.1. The summed E-state index contributed by atoms with van der Waals surface area (Å²) < 4.78 is 5.35. The van der Waals surface area contributed by atoms with Gasteiger partial charge in [0.25, 0.3) is 5.91 Å². The topological polar surface area (TPSA) is 67.4 Å². The number of aromatic nitrogens is 2. The van der Waals surface area contributed by atoms with Crippen molar-refractivity contribution in [1.82, 2.24) is 9.97 Å². The number of para-hydroxylation sites is 1. The summed E-state index contributed by atoms with van der Waals surface area (Å²) in [6.45, 7) is 4.20. The minimum Gasteiger partial charge on any atom is -0.495 e. The third kappa shape index (κ3) is 4.40. The maximum atomic E-state index is 13.1. The fourth-order valence-electron chi connectivity index (χ4n) is 2.85. The number of nitrogens with zero attached hydrogens (tertiary/aromatic N) is 3. The molecule has 2 aromatic carbocycles. The van der Waals surface area contributed by atoms with E-state index in [9.17, 15) is 4.79 Å². The van der Waals surface area contributed by atoms with Gasteiger partial charge >= 0.3 is 0 Å².